The van der Waals surface area contributed by atoms with E-state index in [1.54, 1.807) is 18.2 Å². The number of hydrogen-bond acceptors (Lipinski definition) is 2. The van der Waals surface area contributed by atoms with Crippen molar-refractivity contribution >= 4 is 23.2 Å². The molecule has 1 amide bonds. The average molecular weight is 387 g/mol. The van der Waals surface area contributed by atoms with Crippen LogP contribution in [0.15, 0.2) is 24.3 Å². The molecule has 0 unspecified atom stereocenters. The summed E-state index contributed by atoms with van der Waals surface area (Å²) in [7, 11) is 0. The van der Waals surface area contributed by atoms with Crippen LogP contribution < -0.4 is 4.90 Å². The third-order valence-electron chi connectivity index (χ3n) is 4.33. The number of carbonyl (C=O) groups excluding carboxylic acids is 1. The third kappa shape index (κ3) is 3.23. The number of rotatable bonds is 2. The summed E-state index contributed by atoms with van der Waals surface area (Å²) < 4.78 is 55.4. The van der Waals surface area contributed by atoms with Crippen LogP contribution in [-0.2, 0) is 0 Å². The second-order valence-corrected chi connectivity index (χ2v) is 6.45. The molecule has 0 aromatic heterocycles. The second-order valence-electron chi connectivity index (χ2n) is 6.07. The van der Waals surface area contributed by atoms with Crippen molar-refractivity contribution in [2.75, 3.05) is 31.1 Å². The maximum atomic E-state index is 14.1. The number of amides is 1. The van der Waals surface area contributed by atoms with Gasteiger partial charge in [0.15, 0.2) is 23.3 Å². The molecule has 8 heteroatoms. The summed E-state index contributed by atoms with van der Waals surface area (Å²) in [6.45, 7) is 2.26. The van der Waals surface area contributed by atoms with Crippen LogP contribution in [0.5, 0.6) is 0 Å². The maximum absolute atomic E-state index is 14.1. The van der Waals surface area contributed by atoms with Crippen LogP contribution in [0.25, 0.3) is 0 Å². The highest BCUT2D eigenvalue weighted by atomic mass is 35.5. The van der Waals surface area contributed by atoms with E-state index in [9.17, 15) is 22.4 Å². The van der Waals surface area contributed by atoms with E-state index in [-0.39, 0.29) is 32.1 Å². The third-order valence-corrected chi connectivity index (χ3v) is 4.67. The van der Waals surface area contributed by atoms with Crippen LogP contribution >= 0.6 is 11.6 Å². The van der Waals surface area contributed by atoms with Gasteiger partial charge in [0, 0.05) is 31.7 Å². The molecule has 0 bridgehead atoms. The number of benzene rings is 2. The summed E-state index contributed by atoms with van der Waals surface area (Å²) in [6.07, 6.45) is 0. The highest BCUT2D eigenvalue weighted by Crippen LogP contribution is 2.34. The molecule has 0 aliphatic carbocycles. The molecule has 1 heterocycles. The lowest BCUT2D eigenvalue weighted by Crippen LogP contribution is -2.49. The predicted molar refractivity (Wildman–Crippen MR) is 90.6 cm³/mol. The first-order valence-electron chi connectivity index (χ1n) is 7.93. The van der Waals surface area contributed by atoms with E-state index in [2.05, 4.69) is 0 Å². The standard InChI is InChI=1S/C18H15ClF4N2O/c1-10-3-2-4-11(9-10)18(26)25-7-5-24(6-8-25)17-15(22)13(20)12(19)14(21)16(17)23/h2-4,9H,5-8H2,1H3. The van der Waals surface area contributed by atoms with Crippen molar-refractivity contribution in [1.82, 2.24) is 4.90 Å². The number of piperazine rings is 1. The molecule has 0 radical (unpaired) electrons. The van der Waals surface area contributed by atoms with Gasteiger partial charge < -0.3 is 9.80 Å². The Hall–Kier alpha value is -2.28. The molecule has 138 valence electrons. The van der Waals surface area contributed by atoms with Crippen molar-refractivity contribution in [3.05, 3.63) is 63.7 Å². The number of aryl methyl sites for hydroxylation is 1. The molecular weight excluding hydrogens is 372 g/mol. The Morgan fingerprint density at radius 3 is 2.08 bits per heavy atom. The van der Waals surface area contributed by atoms with Crippen molar-refractivity contribution in [2.45, 2.75) is 6.92 Å². The normalized spacial score (nSPS) is 14.7. The van der Waals surface area contributed by atoms with E-state index in [1.165, 1.54) is 9.80 Å². The summed E-state index contributed by atoms with van der Waals surface area (Å²) >= 11 is 5.24. The Balaban J connectivity index is 1.78. The average Bonchev–Trinajstić information content (AvgIpc) is 2.65. The van der Waals surface area contributed by atoms with Gasteiger partial charge in [-0.05, 0) is 19.1 Å². The van der Waals surface area contributed by atoms with Crippen molar-refractivity contribution in [2.24, 2.45) is 0 Å². The Morgan fingerprint density at radius 2 is 1.54 bits per heavy atom. The monoisotopic (exact) mass is 386 g/mol. The molecule has 3 nitrogen and oxygen atoms in total. The Kier molecular flexibility index (Phi) is 5.09. The smallest absolute Gasteiger partial charge is 0.253 e. The molecule has 3 rings (SSSR count). The number of anilines is 1. The van der Waals surface area contributed by atoms with E-state index in [1.807, 2.05) is 13.0 Å². The second kappa shape index (κ2) is 7.15. The van der Waals surface area contributed by atoms with Crippen LogP contribution in [0.4, 0.5) is 23.2 Å². The molecule has 1 fully saturated rings. The van der Waals surface area contributed by atoms with Crippen LogP contribution in [0.1, 0.15) is 15.9 Å². The largest absolute Gasteiger partial charge is 0.363 e. The minimum absolute atomic E-state index is 0.0336. The van der Waals surface area contributed by atoms with Crippen LogP contribution in [0, 0.1) is 30.2 Å². The Bertz CT molecular complexity index is 838. The molecule has 0 saturated carbocycles. The van der Waals surface area contributed by atoms with E-state index in [0.29, 0.717) is 5.56 Å². The molecule has 1 aliphatic heterocycles. The highest BCUT2D eigenvalue weighted by molar-refractivity contribution is 6.31. The summed E-state index contributed by atoms with van der Waals surface area (Å²) in [5.74, 6) is -6.53. The molecule has 0 spiro atoms. The van der Waals surface area contributed by atoms with E-state index < -0.39 is 34.0 Å². The van der Waals surface area contributed by atoms with Gasteiger partial charge in [-0.15, -0.1) is 0 Å². The fraction of sp³-hybridized carbons (Fsp3) is 0.278. The van der Waals surface area contributed by atoms with Gasteiger partial charge in [0.25, 0.3) is 5.91 Å². The minimum atomic E-state index is -1.63. The summed E-state index contributed by atoms with van der Waals surface area (Å²) in [5, 5.41) is -1.21. The first kappa shape index (κ1) is 18.5. The number of nitrogens with zero attached hydrogens (tertiary/aromatic N) is 2. The molecular formula is C18H15ClF4N2O. The first-order valence-corrected chi connectivity index (χ1v) is 8.31. The van der Waals surface area contributed by atoms with Gasteiger partial charge >= 0.3 is 0 Å². The molecule has 1 saturated heterocycles. The zero-order valence-electron chi connectivity index (χ0n) is 13.8. The molecule has 26 heavy (non-hydrogen) atoms. The molecule has 0 N–H and O–H groups in total. The fourth-order valence-electron chi connectivity index (χ4n) is 2.96. The van der Waals surface area contributed by atoms with Gasteiger partial charge in [0.2, 0.25) is 0 Å². The number of hydrogen-bond donors (Lipinski definition) is 0. The quantitative estimate of drug-likeness (QED) is 0.439. The lowest BCUT2D eigenvalue weighted by atomic mass is 10.1. The Labute approximate surface area is 152 Å². The van der Waals surface area contributed by atoms with Crippen LogP contribution in [-0.4, -0.2) is 37.0 Å². The predicted octanol–water partition coefficient (Wildman–Crippen LogP) is 4.17. The zero-order valence-corrected chi connectivity index (χ0v) is 14.6. The number of halogens is 5. The van der Waals surface area contributed by atoms with Gasteiger partial charge in [0.1, 0.15) is 10.7 Å². The maximum Gasteiger partial charge on any atom is 0.253 e. The molecule has 2 aromatic rings. The first-order chi connectivity index (χ1) is 12.3. The minimum Gasteiger partial charge on any atom is -0.363 e. The van der Waals surface area contributed by atoms with Crippen molar-refractivity contribution in [3.63, 3.8) is 0 Å². The van der Waals surface area contributed by atoms with Gasteiger partial charge in [0.05, 0.1) is 0 Å². The van der Waals surface area contributed by atoms with Gasteiger partial charge in [-0.3, -0.25) is 4.79 Å². The van der Waals surface area contributed by atoms with E-state index in [4.69, 9.17) is 11.6 Å². The highest BCUT2D eigenvalue weighted by Gasteiger charge is 2.31. The van der Waals surface area contributed by atoms with Gasteiger partial charge in [-0.25, -0.2) is 17.6 Å². The SMILES string of the molecule is Cc1cccc(C(=O)N2CCN(c3c(F)c(F)c(Cl)c(F)c3F)CC2)c1. The topological polar surface area (TPSA) is 23.6 Å². The zero-order chi connectivity index (χ0) is 19.0. The summed E-state index contributed by atoms with van der Waals surface area (Å²) in [6, 6.07) is 7.07. The lowest BCUT2D eigenvalue weighted by Gasteiger charge is -2.36. The molecule has 1 aliphatic rings. The number of carbonyl (C=O) groups is 1. The summed E-state index contributed by atoms with van der Waals surface area (Å²) in [4.78, 5) is 15.2. The van der Waals surface area contributed by atoms with Crippen molar-refractivity contribution in [1.29, 1.82) is 0 Å². The molecule has 0 atom stereocenters. The van der Waals surface area contributed by atoms with Crippen molar-refractivity contribution in [3.8, 4) is 0 Å². The van der Waals surface area contributed by atoms with Crippen molar-refractivity contribution < 1.29 is 22.4 Å². The van der Waals surface area contributed by atoms with Crippen LogP contribution in [0.2, 0.25) is 5.02 Å². The lowest BCUT2D eigenvalue weighted by molar-refractivity contribution is 0.0746. The Morgan fingerprint density at radius 1 is 0.962 bits per heavy atom. The van der Waals surface area contributed by atoms with Gasteiger partial charge in [-0.1, -0.05) is 29.3 Å². The summed E-state index contributed by atoms with van der Waals surface area (Å²) in [5.41, 5.74) is 0.650. The van der Waals surface area contributed by atoms with Gasteiger partial charge in [-0.2, -0.15) is 0 Å². The van der Waals surface area contributed by atoms with E-state index >= 15 is 0 Å². The fourth-order valence-corrected chi connectivity index (χ4v) is 3.13. The van der Waals surface area contributed by atoms with Crippen LogP contribution in [0.3, 0.4) is 0 Å². The molecule has 2 aromatic carbocycles. The van der Waals surface area contributed by atoms with E-state index in [0.717, 1.165) is 5.56 Å².